The lowest BCUT2D eigenvalue weighted by Crippen LogP contribution is -2.62. The summed E-state index contributed by atoms with van der Waals surface area (Å²) < 4.78 is 5.33. The maximum absolute atomic E-state index is 12.5. The van der Waals surface area contributed by atoms with Gasteiger partial charge in [0.1, 0.15) is 0 Å². The van der Waals surface area contributed by atoms with E-state index in [0.29, 0.717) is 38.9 Å². The van der Waals surface area contributed by atoms with Crippen LogP contribution in [0.5, 0.6) is 0 Å². The second kappa shape index (κ2) is 7.80. The van der Waals surface area contributed by atoms with Gasteiger partial charge in [0, 0.05) is 39.1 Å². The van der Waals surface area contributed by atoms with Crippen LogP contribution in [0.4, 0.5) is 0 Å². The van der Waals surface area contributed by atoms with Crippen molar-refractivity contribution >= 4 is 11.8 Å². The second-order valence-electron chi connectivity index (χ2n) is 7.19. The van der Waals surface area contributed by atoms with E-state index in [1.165, 1.54) is 0 Å². The maximum Gasteiger partial charge on any atom is 0.230 e. The SMILES string of the molecule is O=C(CCCN1CCOCC1)N1CC[C@@H](O)[C@@]2(CCCNC2=O)C1. The van der Waals surface area contributed by atoms with Crippen LogP contribution in [-0.4, -0.2) is 85.3 Å². The highest BCUT2D eigenvalue weighted by Crippen LogP contribution is 2.37. The molecule has 3 aliphatic heterocycles. The van der Waals surface area contributed by atoms with Gasteiger partial charge in [0.15, 0.2) is 0 Å². The minimum absolute atomic E-state index is 0.0907. The molecular formula is C17H29N3O4. The van der Waals surface area contributed by atoms with E-state index in [1.807, 2.05) is 0 Å². The van der Waals surface area contributed by atoms with Gasteiger partial charge in [-0.3, -0.25) is 14.5 Å². The summed E-state index contributed by atoms with van der Waals surface area (Å²) in [5, 5.41) is 13.2. The zero-order valence-corrected chi connectivity index (χ0v) is 14.3. The van der Waals surface area contributed by atoms with Crippen LogP contribution in [0.25, 0.3) is 0 Å². The number of amides is 2. The molecule has 0 aromatic carbocycles. The van der Waals surface area contributed by atoms with Crippen LogP contribution in [0.3, 0.4) is 0 Å². The molecule has 2 atom stereocenters. The highest BCUT2D eigenvalue weighted by atomic mass is 16.5. The van der Waals surface area contributed by atoms with Gasteiger partial charge in [0.2, 0.25) is 11.8 Å². The predicted molar refractivity (Wildman–Crippen MR) is 88.4 cm³/mol. The van der Waals surface area contributed by atoms with Crippen LogP contribution in [-0.2, 0) is 14.3 Å². The van der Waals surface area contributed by atoms with Crippen molar-refractivity contribution < 1.29 is 19.4 Å². The Morgan fingerprint density at radius 2 is 2.12 bits per heavy atom. The third kappa shape index (κ3) is 3.73. The van der Waals surface area contributed by atoms with Crippen molar-refractivity contribution in [2.24, 2.45) is 5.41 Å². The molecular weight excluding hydrogens is 310 g/mol. The fraction of sp³-hybridized carbons (Fsp3) is 0.882. The number of likely N-dealkylation sites (tertiary alicyclic amines) is 1. The Kier molecular flexibility index (Phi) is 5.73. The molecule has 0 aliphatic carbocycles. The normalized spacial score (nSPS) is 32.0. The Morgan fingerprint density at radius 3 is 2.88 bits per heavy atom. The molecule has 0 saturated carbocycles. The highest BCUT2D eigenvalue weighted by molar-refractivity contribution is 5.86. The first kappa shape index (κ1) is 17.6. The quantitative estimate of drug-likeness (QED) is 0.728. The number of hydrogen-bond donors (Lipinski definition) is 2. The van der Waals surface area contributed by atoms with Crippen molar-refractivity contribution in [2.45, 2.75) is 38.2 Å². The Balaban J connectivity index is 1.50. The Hall–Kier alpha value is -1.18. The van der Waals surface area contributed by atoms with Gasteiger partial charge in [-0.2, -0.15) is 0 Å². The molecule has 136 valence electrons. The molecule has 0 aromatic rings. The molecule has 0 aromatic heterocycles. The van der Waals surface area contributed by atoms with E-state index in [9.17, 15) is 14.7 Å². The molecule has 7 nitrogen and oxygen atoms in total. The average molecular weight is 339 g/mol. The number of ether oxygens (including phenoxy) is 1. The van der Waals surface area contributed by atoms with Crippen LogP contribution in [0, 0.1) is 5.41 Å². The van der Waals surface area contributed by atoms with E-state index in [1.54, 1.807) is 4.90 Å². The summed E-state index contributed by atoms with van der Waals surface area (Å²) >= 11 is 0. The topological polar surface area (TPSA) is 82.1 Å². The molecule has 3 saturated heterocycles. The minimum atomic E-state index is -0.795. The lowest BCUT2D eigenvalue weighted by Gasteiger charge is -2.46. The minimum Gasteiger partial charge on any atom is -0.392 e. The van der Waals surface area contributed by atoms with E-state index in [0.717, 1.165) is 45.7 Å². The first-order valence-corrected chi connectivity index (χ1v) is 9.16. The van der Waals surface area contributed by atoms with Gasteiger partial charge in [-0.05, 0) is 32.2 Å². The fourth-order valence-electron chi connectivity index (χ4n) is 4.09. The summed E-state index contributed by atoms with van der Waals surface area (Å²) in [6.07, 6.45) is 2.71. The monoisotopic (exact) mass is 339 g/mol. The van der Waals surface area contributed by atoms with E-state index >= 15 is 0 Å². The standard InChI is InChI=1S/C17H29N3O4/c21-14-4-8-20(13-17(14)5-2-6-18-16(17)23)15(22)3-1-7-19-9-11-24-12-10-19/h14,21H,1-13H2,(H,18,23)/t14-,17-/m1/s1. The van der Waals surface area contributed by atoms with Crippen LogP contribution in [0.2, 0.25) is 0 Å². The number of carbonyl (C=O) groups is 2. The van der Waals surface area contributed by atoms with Gasteiger partial charge in [-0.15, -0.1) is 0 Å². The van der Waals surface area contributed by atoms with Gasteiger partial charge >= 0.3 is 0 Å². The van der Waals surface area contributed by atoms with Crippen LogP contribution < -0.4 is 5.32 Å². The van der Waals surface area contributed by atoms with Gasteiger partial charge in [-0.25, -0.2) is 0 Å². The predicted octanol–water partition coefficient (Wildman–Crippen LogP) is -0.412. The molecule has 0 unspecified atom stereocenters. The Bertz CT molecular complexity index is 467. The number of morpholine rings is 1. The lowest BCUT2D eigenvalue weighted by atomic mass is 9.71. The molecule has 7 heteroatoms. The molecule has 24 heavy (non-hydrogen) atoms. The number of rotatable bonds is 4. The Labute approximate surface area is 143 Å². The van der Waals surface area contributed by atoms with Crippen LogP contribution >= 0.6 is 0 Å². The smallest absolute Gasteiger partial charge is 0.230 e. The highest BCUT2D eigenvalue weighted by Gasteiger charge is 2.50. The summed E-state index contributed by atoms with van der Waals surface area (Å²) in [5.74, 6) is 0.0139. The summed E-state index contributed by atoms with van der Waals surface area (Å²) in [7, 11) is 0. The summed E-state index contributed by atoms with van der Waals surface area (Å²) in [6.45, 7) is 5.91. The van der Waals surface area contributed by atoms with E-state index in [4.69, 9.17) is 4.74 Å². The molecule has 3 aliphatic rings. The fourth-order valence-corrected chi connectivity index (χ4v) is 4.09. The van der Waals surface area contributed by atoms with Crippen LogP contribution in [0.1, 0.15) is 32.1 Å². The average Bonchev–Trinajstić information content (AvgIpc) is 2.60. The molecule has 0 bridgehead atoms. The number of nitrogens with zero attached hydrogens (tertiary/aromatic N) is 2. The summed E-state index contributed by atoms with van der Waals surface area (Å²) in [4.78, 5) is 29.0. The van der Waals surface area contributed by atoms with Gasteiger partial charge < -0.3 is 20.1 Å². The number of aliphatic hydroxyl groups is 1. The summed E-state index contributed by atoms with van der Waals surface area (Å²) in [5.41, 5.74) is -0.795. The molecule has 2 amide bonds. The Morgan fingerprint density at radius 1 is 1.33 bits per heavy atom. The third-order valence-electron chi connectivity index (χ3n) is 5.64. The number of piperidine rings is 2. The van der Waals surface area contributed by atoms with Crippen molar-refractivity contribution in [1.29, 1.82) is 0 Å². The van der Waals surface area contributed by atoms with Gasteiger partial charge in [0.25, 0.3) is 0 Å². The summed E-state index contributed by atoms with van der Waals surface area (Å²) in [6, 6.07) is 0. The number of aliphatic hydroxyl groups excluding tert-OH is 1. The number of hydrogen-bond acceptors (Lipinski definition) is 5. The largest absolute Gasteiger partial charge is 0.392 e. The zero-order chi connectivity index (χ0) is 17.0. The maximum atomic E-state index is 12.5. The van der Waals surface area contributed by atoms with Crippen molar-refractivity contribution in [1.82, 2.24) is 15.1 Å². The van der Waals surface area contributed by atoms with E-state index in [2.05, 4.69) is 10.2 Å². The molecule has 3 rings (SSSR count). The molecule has 0 radical (unpaired) electrons. The van der Waals surface area contributed by atoms with Crippen molar-refractivity contribution in [3.05, 3.63) is 0 Å². The number of carbonyl (C=O) groups excluding carboxylic acids is 2. The van der Waals surface area contributed by atoms with Crippen molar-refractivity contribution in [3.8, 4) is 0 Å². The van der Waals surface area contributed by atoms with E-state index in [-0.39, 0.29) is 11.8 Å². The zero-order valence-electron chi connectivity index (χ0n) is 14.3. The second-order valence-corrected chi connectivity index (χ2v) is 7.19. The van der Waals surface area contributed by atoms with Crippen LogP contribution in [0.15, 0.2) is 0 Å². The molecule has 2 N–H and O–H groups in total. The first-order valence-electron chi connectivity index (χ1n) is 9.16. The lowest BCUT2D eigenvalue weighted by molar-refractivity contribution is -0.154. The number of nitrogens with one attached hydrogen (secondary N) is 1. The molecule has 3 heterocycles. The van der Waals surface area contributed by atoms with E-state index < -0.39 is 11.5 Å². The molecule has 1 spiro atoms. The van der Waals surface area contributed by atoms with Gasteiger partial charge in [0.05, 0.1) is 24.7 Å². The van der Waals surface area contributed by atoms with Crippen molar-refractivity contribution in [3.63, 3.8) is 0 Å². The van der Waals surface area contributed by atoms with Gasteiger partial charge in [-0.1, -0.05) is 0 Å². The third-order valence-corrected chi connectivity index (χ3v) is 5.64. The first-order chi connectivity index (χ1) is 11.6. The van der Waals surface area contributed by atoms with Crippen molar-refractivity contribution in [2.75, 3.05) is 52.5 Å². The molecule has 3 fully saturated rings.